The molecule has 0 heterocycles. The van der Waals surface area contributed by atoms with Crippen LogP contribution in [0.25, 0.3) is 0 Å². The van der Waals surface area contributed by atoms with Gasteiger partial charge in [-0.15, -0.1) is 28.7 Å². The highest BCUT2D eigenvalue weighted by atomic mass is 35.7. The largest absolute Gasteiger partial charge is 0.248 e. The van der Waals surface area contributed by atoms with Crippen LogP contribution in [0.5, 0.6) is 0 Å². The van der Waals surface area contributed by atoms with E-state index in [-0.39, 0.29) is 0 Å². The summed E-state index contributed by atoms with van der Waals surface area (Å²) in [7, 11) is 0. The Hall–Kier alpha value is 0.537. The van der Waals surface area contributed by atoms with Crippen LogP contribution in [0.2, 0.25) is 12.6 Å². The summed E-state index contributed by atoms with van der Waals surface area (Å²) >= 11 is 12.2. The highest BCUT2D eigenvalue weighted by molar-refractivity contribution is 7.44. The van der Waals surface area contributed by atoms with E-state index in [1.807, 2.05) is 12.6 Å². The summed E-state index contributed by atoms with van der Waals surface area (Å²) in [4.78, 5) is 0. The van der Waals surface area contributed by atoms with Crippen LogP contribution < -0.4 is 0 Å². The normalized spacial score (nSPS) is 11.8. The van der Waals surface area contributed by atoms with Crippen molar-refractivity contribution < 1.29 is 0 Å². The Bertz CT molecular complexity index is 236. The highest BCUT2D eigenvalue weighted by Gasteiger charge is 2.19. The van der Waals surface area contributed by atoms with Crippen molar-refractivity contribution in [2.75, 3.05) is 0 Å². The van der Waals surface area contributed by atoms with Crippen molar-refractivity contribution in [3.8, 4) is 0 Å². The molecule has 0 saturated heterocycles. The zero-order chi connectivity index (χ0) is 16.5. The van der Waals surface area contributed by atoms with Crippen LogP contribution in [0, 0.1) is 0 Å². The molecule has 0 fully saturated rings. The Balaban J connectivity index is 3.01. The van der Waals surface area contributed by atoms with Crippen molar-refractivity contribution in [1.29, 1.82) is 0 Å². The van der Waals surface area contributed by atoms with Crippen LogP contribution >= 0.6 is 22.2 Å². The van der Waals surface area contributed by atoms with E-state index in [0.29, 0.717) is 0 Å². The number of unbranched alkanes of at least 4 members (excludes halogenated alkanes) is 14. The number of rotatable bonds is 17. The Kier molecular flexibility index (Phi) is 16.8. The summed E-state index contributed by atoms with van der Waals surface area (Å²) in [6, 6.07) is 1.06. The fourth-order valence-electron chi connectivity index (χ4n) is 2.85. The van der Waals surface area contributed by atoms with E-state index in [9.17, 15) is 0 Å². The lowest BCUT2D eigenvalue weighted by molar-refractivity contribution is 0.536. The molecule has 0 spiro atoms. The summed E-state index contributed by atoms with van der Waals surface area (Å²) in [6.07, 6.45) is 22.7. The second kappa shape index (κ2) is 16.4. The molecule has 0 N–H and O–H groups in total. The van der Waals surface area contributed by atoms with E-state index in [4.69, 9.17) is 22.2 Å². The van der Waals surface area contributed by atoms with Crippen LogP contribution in [0.4, 0.5) is 0 Å². The zero-order valence-electron chi connectivity index (χ0n) is 14.9. The zero-order valence-corrected chi connectivity index (χ0v) is 17.4. The average molecular weight is 366 g/mol. The molecular weight excluding hydrogens is 327 g/mol. The standard InChI is InChI=1S/C19H38Cl2Si/c1-3-4-5-6-7-8-9-10-11-12-13-14-15-16-17-18-19-22(2,20)21/h3H,1,4-19H2,2H3. The van der Waals surface area contributed by atoms with Crippen molar-refractivity contribution in [1.82, 2.24) is 0 Å². The molecule has 0 atom stereocenters. The maximum Gasteiger partial charge on any atom is 0.248 e. The lowest BCUT2D eigenvalue weighted by Crippen LogP contribution is -2.11. The van der Waals surface area contributed by atoms with E-state index in [0.717, 1.165) is 6.04 Å². The molecule has 0 radical (unpaired) electrons. The minimum Gasteiger partial charge on any atom is -0.146 e. The number of hydrogen-bond donors (Lipinski definition) is 0. The Morgan fingerprint density at radius 3 is 1.27 bits per heavy atom. The van der Waals surface area contributed by atoms with Gasteiger partial charge in [-0.1, -0.05) is 89.5 Å². The van der Waals surface area contributed by atoms with Gasteiger partial charge in [0.1, 0.15) is 0 Å². The minimum atomic E-state index is -1.82. The van der Waals surface area contributed by atoms with Crippen LogP contribution in [0.3, 0.4) is 0 Å². The summed E-state index contributed by atoms with van der Waals surface area (Å²) < 4.78 is 0. The molecule has 0 aromatic rings. The molecule has 0 amide bonds. The van der Waals surface area contributed by atoms with Crippen molar-refractivity contribution in [3.63, 3.8) is 0 Å². The summed E-state index contributed by atoms with van der Waals surface area (Å²) in [5.41, 5.74) is 0. The quantitative estimate of drug-likeness (QED) is 0.105. The average Bonchev–Trinajstić information content (AvgIpc) is 2.45. The molecule has 0 aliphatic carbocycles. The second-order valence-corrected chi connectivity index (χ2v) is 15.1. The summed E-state index contributed by atoms with van der Waals surface area (Å²) in [6.45, 7) is 3.97. The Morgan fingerprint density at radius 2 is 0.955 bits per heavy atom. The predicted molar refractivity (Wildman–Crippen MR) is 108 cm³/mol. The fourth-order valence-corrected chi connectivity index (χ4v) is 4.52. The first-order valence-electron chi connectivity index (χ1n) is 9.55. The molecule has 0 aliphatic rings. The molecule has 0 nitrogen and oxygen atoms in total. The molecule has 3 heteroatoms. The van der Waals surface area contributed by atoms with E-state index < -0.39 is 6.69 Å². The Morgan fingerprint density at radius 1 is 0.636 bits per heavy atom. The van der Waals surface area contributed by atoms with Crippen molar-refractivity contribution >= 4 is 28.9 Å². The first-order valence-corrected chi connectivity index (χ1v) is 14.3. The maximum absolute atomic E-state index is 6.10. The van der Waals surface area contributed by atoms with Gasteiger partial charge in [-0.2, -0.15) is 0 Å². The monoisotopic (exact) mass is 364 g/mol. The van der Waals surface area contributed by atoms with Crippen molar-refractivity contribution in [3.05, 3.63) is 12.7 Å². The van der Waals surface area contributed by atoms with Crippen LogP contribution in [0.15, 0.2) is 12.7 Å². The van der Waals surface area contributed by atoms with Gasteiger partial charge < -0.3 is 0 Å². The summed E-state index contributed by atoms with van der Waals surface area (Å²) in [5, 5.41) is 0. The van der Waals surface area contributed by atoms with Crippen LogP contribution in [-0.4, -0.2) is 6.69 Å². The van der Waals surface area contributed by atoms with Gasteiger partial charge in [-0.05, 0) is 25.4 Å². The van der Waals surface area contributed by atoms with E-state index in [1.165, 1.54) is 96.3 Å². The van der Waals surface area contributed by atoms with E-state index >= 15 is 0 Å². The van der Waals surface area contributed by atoms with Crippen LogP contribution in [-0.2, 0) is 0 Å². The fraction of sp³-hybridized carbons (Fsp3) is 0.895. The number of hydrogen-bond acceptors (Lipinski definition) is 0. The SMILES string of the molecule is C=CCCCCCCCCCCCCCCCC[Si](C)(Cl)Cl. The maximum atomic E-state index is 6.10. The molecule has 0 bridgehead atoms. The van der Waals surface area contributed by atoms with Gasteiger partial charge >= 0.3 is 0 Å². The third-order valence-electron chi connectivity index (χ3n) is 4.27. The summed E-state index contributed by atoms with van der Waals surface area (Å²) in [5.74, 6) is 0. The minimum absolute atomic E-state index is 1.06. The molecule has 0 aromatic heterocycles. The van der Waals surface area contributed by atoms with E-state index in [2.05, 4.69) is 6.58 Å². The Labute approximate surface area is 150 Å². The molecule has 0 aliphatic heterocycles. The highest BCUT2D eigenvalue weighted by Crippen LogP contribution is 2.23. The van der Waals surface area contributed by atoms with Gasteiger partial charge in [-0.25, -0.2) is 0 Å². The molecule has 0 saturated carbocycles. The second-order valence-electron chi connectivity index (χ2n) is 6.85. The third kappa shape index (κ3) is 20.5. The number of allylic oxidation sites excluding steroid dienone is 1. The lowest BCUT2D eigenvalue weighted by atomic mass is 10.0. The first-order chi connectivity index (χ1) is 10.6. The molecule has 132 valence electrons. The van der Waals surface area contributed by atoms with E-state index in [1.54, 1.807) is 0 Å². The topological polar surface area (TPSA) is 0 Å². The molecule has 22 heavy (non-hydrogen) atoms. The van der Waals surface area contributed by atoms with Gasteiger partial charge in [0.05, 0.1) is 0 Å². The third-order valence-corrected chi connectivity index (χ3v) is 6.64. The number of halogens is 2. The van der Waals surface area contributed by atoms with Gasteiger partial charge in [0.25, 0.3) is 0 Å². The van der Waals surface area contributed by atoms with Gasteiger partial charge in [0, 0.05) is 0 Å². The van der Waals surface area contributed by atoms with Crippen LogP contribution in [0.1, 0.15) is 96.3 Å². The first kappa shape index (κ1) is 22.5. The van der Waals surface area contributed by atoms with Crippen molar-refractivity contribution in [2.45, 2.75) is 109 Å². The molecular formula is C19H38Cl2Si. The molecule has 0 rings (SSSR count). The predicted octanol–water partition coefficient (Wildman–Crippen LogP) is 8.57. The van der Waals surface area contributed by atoms with Crippen molar-refractivity contribution in [2.24, 2.45) is 0 Å². The lowest BCUT2D eigenvalue weighted by Gasteiger charge is -2.09. The molecule has 0 unspecified atom stereocenters. The van der Waals surface area contributed by atoms with Gasteiger partial charge in [0.2, 0.25) is 6.69 Å². The van der Waals surface area contributed by atoms with Gasteiger partial charge in [-0.3, -0.25) is 0 Å². The van der Waals surface area contributed by atoms with Gasteiger partial charge in [0.15, 0.2) is 0 Å². The smallest absolute Gasteiger partial charge is 0.146 e. The molecule has 0 aromatic carbocycles.